The standard InChI is InChI=1S/C15H13ClN4O/c1-10-18-19-14-8-12(5-6-20(10)14)15(21)17-9-11-3-2-4-13(16)7-11/h2-8H,9H2,1H3,(H,17,21). The van der Waals surface area contributed by atoms with E-state index < -0.39 is 0 Å². The van der Waals surface area contributed by atoms with Crippen LogP contribution in [-0.2, 0) is 6.54 Å². The zero-order valence-electron chi connectivity index (χ0n) is 11.4. The predicted molar refractivity (Wildman–Crippen MR) is 80.3 cm³/mol. The highest BCUT2D eigenvalue weighted by molar-refractivity contribution is 6.30. The molecule has 0 aliphatic heterocycles. The highest BCUT2D eigenvalue weighted by atomic mass is 35.5. The molecule has 1 aromatic carbocycles. The Balaban J connectivity index is 1.74. The van der Waals surface area contributed by atoms with Crippen molar-refractivity contribution in [1.29, 1.82) is 0 Å². The van der Waals surface area contributed by atoms with E-state index in [0.29, 0.717) is 22.8 Å². The number of hydrogen-bond acceptors (Lipinski definition) is 3. The average Bonchev–Trinajstić information content (AvgIpc) is 2.86. The molecule has 0 fully saturated rings. The minimum Gasteiger partial charge on any atom is -0.348 e. The fraction of sp³-hybridized carbons (Fsp3) is 0.133. The van der Waals surface area contributed by atoms with Gasteiger partial charge in [-0.05, 0) is 36.8 Å². The number of amides is 1. The van der Waals surface area contributed by atoms with Crippen LogP contribution in [0.3, 0.4) is 0 Å². The quantitative estimate of drug-likeness (QED) is 0.809. The van der Waals surface area contributed by atoms with Crippen molar-refractivity contribution in [3.8, 4) is 0 Å². The number of benzene rings is 1. The third kappa shape index (κ3) is 2.87. The van der Waals surface area contributed by atoms with Gasteiger partial charge in [0.25, 0.3) is 5.91 Å². The van der Waals surface area contributed by atoms with Crippen LogP contribution in [0.2, 0.25) is 5.02 Å². The number of hydrogen-bond donors (Lipinski definition) is 1. The van der Waals surface area contributed by atoms with E-state index in [1.807, 2.05) is 29.5 Å². The Labute approximate surface area is 126 Å². The lowest BCUT2D eigenvalue weighted by molar-refractivity contribution is 0.0951. The molecule has 0 radical (unpaired) electrons. The molecule has 1 amide bonds. The molecule has 21 heavy (non-hydrogen) atoms. The van der Waals surface area contributed by atoms with Crippen LogP contribution in [0.1, 0.15) is 21.7 Å². The maximum atomic E-state index is 12.2. The van der Waals surface area contributed by atoms with Crippen molar-refractivity contribution in [1.82, 2.24) is 19.9 Å². The molecule has 0 unspecified atom stereocenters. The van der Waals surface area contributed by atoms with Gasteiger partial charge in [-0.15, -0.1) is 10.2 Å². The molecular weight excluding hydrogens is 288 g/mol. The summed E-state index contributed by atoms with van der Waals surface area (Å²) in [5.74, 6) is 0.633. The fourth-order valence-electron chi connectivity index (χ4n) is 2.08. The number of aromatic nitrogens is 3. The summed E-state index contributed by atoms with van der Waals surface area (Å²) in [5, 5.41) is 11.5. The van der Waals surface area contributed by atoms with Crippen molar-refractivity contribution < 1.29 is 4.79 Å². The maximum absolute atomic E-state index is 12.2. The summed E-state index contributed by atoms with van der Waals surface area (Å²) in [5.41, 5.74) is 2.16. The average molecular weight is 301 g/mol. The summed E-state index contributed by atoms with van der Waals surface area (Å²) in [6.07, 6.45) is 1.79. The van der Waals surface area contributed by atoms with Crippen LogP contribution in [0.25, 0.3) is 5.65 Å². The van der Waals surface area contributed by atoms with E-state index in [1.54, 1.807) is 24.4 Å². The van der Waals surface area contributed by atoms with Gasteiger partial charge in [0.15, 0.2) is 5.65 Å². The second-order valence-electron chi connectivity index (χ2n) is 4.70. The Hall–Kier alpha value is -2.40. The topological polar surface area (TPSA) is 59.3 Å². The molecule has 3 rings (SSSR count). The smallest absolute Gasteiger partial charge is 0.251 e. The number of nitrogens with one attached hydrogen (secondary N) is 1. The molecule has 0 saturated heterocycles. The summed E-state index contributed by atoms with van der Waals surface area (Å²) in [6.45, 7) is 2.29. The number of aryl methyl sites for hydroxylation is 1. The second-order valence-corrected chi connectivity index (χ2v) is 5.14. The summed E-state index contributed by atoms with van der Waals surface area (Å²) in [7, 11) is 0. The highest BCUT2D eigenvalue weighted by Gasteiger charge is 2.08. The van der Waals surface area contributed by atoms with Crippen LogP contribution in [0.5, 0.6) is 0 Å². The van der Waals surface area contributed by atoms with Crippen LogP contribution in [-0.4, -0.2) is 20.5 Å². The van der Waals surface area contributed by atoms with Crippen molar-refractivity contribution >= 4 is 23.2 Å². The first-order valence-electron chi connectivity index (χ1n) is 6.47. The molecule has 5 nitrogen and oxygen atoms in total. The summed E-state index contributed by atoms with van der Waals surface area (Å²) >= 11 is 5.91. The SMILES string of the molecule is Cc1nnc2cc(C(=O)NCc3cccc(Cl)c3)ccn12. The fourth-order valence-corrected chi connectivity index (χ4v) is 2.30. The Kier molecular flexibility index (Phi) is 3.58. The van der Waals surface area contributed by atoms with Gasteiger partial charge in [-0.1, -0.05) is 23.7 Å². The van der Waals surface area contributed by atoms with Crippen LogP contribution in [0, 0.1) is 6.92 Å². The largest absolute Gasteiger partial charge is 0.348 e. The van der Waals surface area contributed by atoms with Crippen molar-refractivity contribution in [3.63, 3.8) is 0 Å². The molecule has 2 aromatic heterocycles. The predicted octanol–water partition coefficient (Wildman–Crippen LogP) is 2.62. The zero-order chi connectivity index (χ0) is 14.8. The van der Waals surface area contributed by atoms with E-state index in [9.17, 15) is 4.79 Å². The lowest BCUT2D eigenvalue weighted by Crippen LogP contribution is -2.22. The van der Waals surface area contributed by atoms with Crippen LogP contribution >= 0.6 is 11.6 Å². The molecule has 0 saturated carbocycles. The van der Waals surface area contributed by atoms with Crippen molar-refractivity contribution in [2.24, 2.45) is 0 Å². The van der Waals surface area contributed by atoms with E-state index >= 15 is 0 Å². The van der Waals surface area contributed by atoms with E-state index in [0.717, 1.165) is 11.4 Å². The maximum Gasteiger partial charge on any atom is 0.251 e. The number of carbonyl (C=O) groups excluding carboxylic acids is 1. The van der Waals surface area contributed by atoms with Crippen molar-refractivity contribution in [3.05, 3.63) is 64.6 Å². The molecule has 1 N–H and O–H groups in total. The van der Waals surface area contributed by atoms with Gasteiger partial charge < -0.3 is 5.32 Å². The first-order chi connectivity index (χ1) is 10.1. The van der Waals surface area contributed by atoms with Gasteiger partial charge in [0, 0.05) is 23.3 Å². The summed E-state index contributed by atoms with van der Waals surface area (Å²) < 4.78 is 1.83. The molecule has 0 spiro atoms. The minimum atomic E-state index is -0.155. The van der Waals surface area contributed by atoms with E-state index in [4.69, 9.17) is 11.6 Å². The first-order valence-corrected chi connectivity index (χ1v) is 6.85. The number of nitrogens with zero attached hydrogens (tertiary/aromatic N) is 3. The van der Waals surface area contributed by atoms with Gasteiger partial charge in [-0.3, -0.25) is 9.20 Å². The van der Waals surface area contributed by atoms with Crippen LogP contribution < -0.4 is 5.32 Å². The van der Waals surface area contributed by atoms with Gasteiger partial charge in [-0.2, -0.15) is 0 Å². The number of pyridine rings is 1. The van der Waals surface area contributed by atoms with Gasteiger partial charge in [0.1, 0.15) is 5.82 Å². The number of halogens is 1. The van der Waals surface area contributed by atoms with E-state index in [-0.39, 0.29) is 5.91 Å². The molecule has 0 atom stereocenters. The van der Waals surface area contributed by atoms with E-state index in [2.05, 4.69) is 15.5 Å². The van der Waals surface area contributed by atoms with Gasteiger partial charge in [-0.25, -0.2) is 0 Å². The molecule has 6 heteroatoms. The zero-order valence-corrected chi connectivity index (χ0v) is 12.1. The van der Waals surface area contributed by atoms with Gasteiger partial charge in [0.2, 0.25) is 0 Å². The minimum absolute atomic E-state index is 0.155. The number of carbonyl (C=O) groups is 1. The third-order valence-corrected chi connectivity index (χ3v) is 3.42. The normalized spacial score (nSPS) is 10.8. The lowest BCUT2D eigenvalue weighted by Gasteiger charge is -2.06. The van der Waals surface area contributed by atoms with Crippen LogP contribution in [0.4, 0.5) is 0 Å². The number of fused-ring (bicyclic) bond motifs is 1. The summed E-state index contributed by atoms with van der Waals surface area (Å²) in [4.78, 5) is 12.2. The Morgan fingerprint density at radius 1 is 1.29 bits per heavy atom. The highest BCUT2D eigenvalue weighted by Crippen LogP contribution is 2.11. The second kappa shape index (κ2) is 5.54. The monoisotopic (exact) mass is 300 g/mol. The molecule has 106 valence electrons. The van der Waals surface area contributed by atoms with Crippen LogP contribution in [0.15, 0.2) is 42.6 Å². The third-order valence-electron chi connectivity index (χ3n) is 3.18. The number of rotatable bonds is 3. The molecular formula is C15H13ClN4O. The van der Waals surface area contributed by atoms with Crippen molar-refractivity contribution in [2.45, 2.75) is 13.5 Å². The summed E-state index contributed by atoms with van der Waals surface area (Å²) in [6, 6.07) is 10.9. The molecule has 0 aliphatic carbocycles. The van der Waals surface area contributed by atoms with Gasteiger partial charge in [0.05, 0.1) is 0 Å². The van der Waals surface area contributed by atoms with Gasteiger partial charge >= 0.3 is 0 Å². The Morgan fingerprint density at radius 2 is 2.14 bits per heavy atom. The molecule has 0 aliphatic rings. The van der Waals surface area contributed by atoms with E-state index in [1.165, 1.54) is 0 Å². The molecule has 0 bridgehead atoms. The molecule has 3 aromatic rings. The lowest BCUT2D eigenvalue weighted by atomic mass is 10.2. The van der Waals surface area contributed by atoms with Crippen molar-refractivity contribution in [2.75, 3.05) is 0 Å². The Morgan fingerprint density at radius 3 is 2.95 bits per heavy atom. The molecule has 2 heterocycles. The Bertz CT molecular complexity index is 812. The first kappa shape index (κ1) is 13.6.